The molecule has 4 nitrogen and oxygen atoms in total. The Morgan fingerprint density at radius 3 is 2.00 bits per heavy atom. The average molecular weight is 290 g/mol. The lowest BCUT2D eigenvalue weighted by Crippen LogP contribution is -2.53. The average Bonchev–Trinajstić information content (AvgIpc) is 2.53. The van der Waals surface area contributed by atoms with Gasteiger partial charge in [0.15, 0.2) is 5.78 Å². The van der Waals surface area contributed by atoms with E-state index < -0.39 is 0 Å². The maximum atomic E-state index is 12.6. The summed E-state index contributed by atoms with van der Waals surface area (Å²) in [6.45, 7) is 10.5. The molecule has 0 N–H and O–H groups in total. The third kappa shape index (κ3) is 3.83. The number of ketones is 1. The number of Topliss-reactive ketones (excluding diaryl/α,β-unsaturated/α-hetero) is 1. The summed E-state index contributed by atoms with van der Waals surface area (Å²) in [7, 11) is 1.63. The van der Waals surface area contributed by atoms with Gasteiger partial charge in [0.25, 0.3) is 0 Å². The molecule has 1 unspecified atom stereocenters. The molecule has 21 heavy (non-hydrogen) atoms. The first kappa shape index (κ1) is 16.0. The lowest BCUT2D eigenvalue weighted by molar-refractivity contribution is 0.0639. The highest BCUT2D eigenvalue weighted by atomic mass is 16.5. The molecule has 0 aliphatic carbocycles. The van der Waals surface area contributed by atoms with Crippen molar-refractivity contribution in [2.75, 3.05) is 33.3 Å². The standard InChI is InChI=1S/C17H26N2O2/c1-13(2)18-9-11-19(12-10-18)14(3)17(20)15-5-7-16(21-4)8-6-15/h5-8,13-14H,9-12H2,1-4H3. The Kier molecular flexibility index (Phi) is 5.37. The van der Waals surface area contributed by atoms with Crippen LogP contribution >= 0.6 is 0 Å². The highest BCUT2D eigenvalue weighted by Gasteiger charge is 2.26. The van der Waals surface area contributed by atoms with Crippen LogP contribution in [0.15, 0.2) is 24.3 Å². The van der Waals surface area contributed by atoms with Crippen LogP contribution in [-0.2, 0) is 0 Å². The van der Waals surface area contributed by atoms with E-state index in [-0.39, 0.29) is 11.8 Å². The van der Waals surface area contributed by atoms with Crippen LogP contribution in [0.25, 0.3) is 0 Å². The van der Waals surface area contributed by atoms with E-state index in [1.165, 1.54) is 0 Å². The Hall–Kier alpha value is -1.39. The van der Waals surface area contributed by atoms with Crippen molar-refractivity contribution in [2.45, 2.75) is 32.9 Å². The number of nitrogens with zero attached hydrogens (tertiary/aromatic N) is 2. The van der Waals surface area contributed by atoms with Crippen molar-refractivity contribution in [3.8, 4) is 5.75 Å². The third-order valence-corrected chi connectivity index (χ3v) is 4.38. The molecule has 116 valence electrons. The second-order valence-corrected chi connectivity index (χ2v) is 5.93. The van der Waals surface area contributed by atoms with Crippen molar-refractivity contribution < 1.29 is 9.53 Å². The number of ether oxygens (including phenoxy) is 1. The molecule has 1 atom stereocenters. The smallest absolute Gasteiger partial charge is 0.179 e. The van der Waals surface area contributed by atoms with Gasteiger partial charge in [0, 0.05) is 37.8 Å². The molecule has 0 spiro atoms. The molecule has 1 saturated heterocycles. The molecule has 0 radical (unpaired) electrons. The summed E-state index contributed by atoms with van der Waals surface area (Å²) in [5.74, 6) is 0.973. The summed E-state index contributed by atoms with van der Waals surface area (Å²) in [6.07, 6.45) is 0. The fourth-order valence-electron chi connectivity index (χ4n) is 2.80. The first-order chi connectivity index (χ1) is 10.0. The minimum atomic E-state index is -0.0623. The van der Waals surface area contributed by atoms with Crippen LogP contribution in [0.2, 0.25) is 0 Å². The fourth-order valence-corrected chi connectivity index (χ4v) is 2.80. The monoisotopic (exact) mass is 290 g/mol. The van der Waals surface area contributed by atoms with E-state index in [4.69, 9.17) is 4.74 Å². The van der Waals surface area contributed by atoms with Gasteiger partial charge in [0.2, 0.25) is 0 Å². The van der Waals surface area contributed by atoms with E-state index in [0.29, 0.717) is 6.04 Å². The van der Waals surface area contributed by atoms with E-state index in [1.807, 2.05) is 31.2 Å². The van der Waals surface area contributed by atoms with Gasteiger partial charge in [-0.15, -0.1) is 0 Å². The highest BCUT2D eigenvalue weighted by molar-refractivity contribution is 5.99. The van der Waals surface area contributed by atoms with Crippen LogP contribution in [0, 0.1) is 0 Å². The fraction of sp³-hybridized carbons (Fsp3) is 0.588. The van der Waals surface area contributed by atoms with E-state index in [9.17, 15) is 4.79 Å². The summed E-state index contributed by atoms with van der Waals surface area (Å²) in [4.78, 5) is 17.3. The molecule has 1 aliphatic heterocycles. The molecule has 2 rings (SSSR count). The largest absolute Gasteiger partial charge is 0.497 e. The first-order valence-electron chi connectivity index (χ1n) is 7.69. The zero-order chi connectivity index (χ0) is 15.4. The lowest BCUT2D eigenvalue weighted by Gasteiger charge is -2.39. The number of rotatable bonds is 5. The topological polar surface area (TPSA) is 32.8 Å². The zero-order valence-electron chi connectivity index (χ0n) is 13.5. The van der Waals surface area contributed by atoms with Gasteiger partial charge in [-0.05, 0) is 45.0 Å². The zero-order valence-corrected chi connectivity index (χ0v) is 13.5. The molecule has 1 heterocycles. The van der Waals surface area contributed by atoms with E-state index in [2.05, 4.69) is 23.6 Å². The number of hydrogen-bond donors (Lipinski definition) is 0. The van der Waals surface area contributed by atoms with Crippen LogP contribution in [-0.4, -0.2) is 61.0 Å². The Labute approximate surface area is 127 Å². The van der Waals surface area contributed by atoms with Gasteiger partial charge in [0.1, 0.15) is 5.75 Å². The molecule has 0 bridgehead atoms. The molecule has 1 aromatic rings. The van der Waals surface area contributed by atoms with Crippen molar-refractivity contribution in [3.63, 3.8) is 0 Å². The van der Waals surface area contributed by atoms with Crippen LogP contribution < -0.4 is 4.74 Å². The van der Waals surface area contributed by atoms with Gasteiger partial charge in [-0.2, -0.15) is 0 Å². The SMILES string of the molecule is COc1ccc(C(=O)C(C)N2CCN(C(C)C)CC2)cc1. The van der Waals surface area contributed by atoms with Crippen molar-refractivity contribution in [3.05, 3.63) is 29.8 Å². The summed E-state index contributed by atoms with van der Waals surface area (Å²) in [6, 6.07) is 7.91. The van der Waals surface area contributed by atoms with Crippen molar-refractivity contribution >= 4 is 5.78 Å². The molecule has 1 aromatic carbocycles. The first-order valence-corrected chi connectivity index (χ1v) is 7.69. The summed E-state index contributed by atoms with van der Waals surface area (Å²) >= 11 is 0. The van der Waals surface area contributed by atoms with E-state index in [0.717, 1.165) is 37.5 Å². The summed E-state index contributed by atoms with van der Waals surface area (Å²) < 4.78 is 5.13. The number of hydrogen-bond acceptors (Lipinski definition) is 4. The quantitative estimate of drug-likeness (QED) is 0.779. The molecular weight excluding hydrogens is 264 g/mol. The molecule has 0 saturated carbocycles. The van der Waals surface area contributed by atoms with Crippen molar-refractivity contribution in [1.29, 1.82) is 0 Å². The molecule has 4 heteroatoms. The van der Waals surface area contributed by atoms with E-state index in [1.54, 1.807) is 7.11 Å². The Morgan fingerprint density at radius 1 is 1.00 bits per heavy atom. The maximum Gasteiger partial charge on any atom is 0.179 e. The number of methoxy groups -OCH3 is 1. The molecule has 1 aliphatic rings. The maximum absolute atomic E-state index is 12.6. The number of carbonyl (C=O) groups excluding carboxylic acids is 1. The number of carbonyl (C=O) groups is 1. The lowest BCUT2D eigenvalue weighted by atomic mass is 10.0. The molecular formula is C17H26N2O2. The Balaban J connectivity index is 1.96. The summed E-state index contributed by atoms with van der Waals surface area (Å²) in [5.41, 5.74) is 0.759. The Morgan fingerprint density at radius 2 is 1.52 bits per heavy atom. The van der Waals surface area contributed by atoms with Crippen molar-refractivity contribution in [2.24, 2.45) is 0 Å². The normalized spacial score (nSPS) is 18.7. The van der Waals surface area contributed by atoms with Crippen molar-refractivity contribution in [1.82, 2.24) is 9.80 Å². The highest BCUT2D eigenvalue weighted by Crippen LogP contribution is 2.16. The predicted molar refractivity (Wildman–Crippen MR) is 85.1 cm³/mol. The van der Waals surface area contributed by atoms with Gasteiger partial charge in [-0.1, -0.05) is 0 Å². The predicted octanol–water partition coefficient (Wildman–Crippen LogP) is 2.29. The molecule has 0 amide bonds. The van der Waals surface area contributed by atoms with Gasteiger partial charge in [-0.25, -0.2) is 0 Å². The van der Waals surface area contributed by atoms with Gasteiger partial charge < -0.3 is 4.74 Å². The number of piperazine rings is 1. The number of benzene rings is 1. The second kappa shape index (κ2) is 7.05. The molecule has 0 aromatic heterocycles. The van der Waals surface area contributed by atoms with E-state index >= 15 is 0 Å². The van der Waals surface area contributed by atoms with Crippen LogP contribution in [0.5, 0.6) is 5.75 Å². The van der Waals surface area contributed by atoms with Crippen LogP contribution in [0.1, 0.15) is 31.1 Å². The van der Waals surface area contributed by atoms with Gasteiger partial charge in [0.05, 0.1) is 13.2 Å². The molecule has 1 fully saturated rings. The second-order valence-electron chi connectivity index (χ2n) is 5.93. The van der Waals surface area contributed by atoms with Crippen LogP contribution in [0.4, 0.5) is 0 Å². The third-order valence-electron chi connectivity index (χ3n) is 4.38. The summed E-state index contributed by atoms with van der Waals surface area (Å²) in [5, 5.41) is 0. The Bertz CT molecular complexity index is 462. The van der Waals surface area contributed by atoms with Gasteiger partial charge in [-0.3, -0.25) is 14.6 Å². The minimum Gasteiger partial charge on any atom is -0.497 e. The van der Waals surface area contributed by atoms with Gasteiger partial charge >= 0.3 is 0 Å². The minimum absolute atomic E-state index is 0.0623. The van der Waals surface area contributed by atoms with Crippen LogP contribution in [0.3, 0.4) is 0 Å².